The van der Waals surface area contributed by atoms with Crippen molar-refractivity contribution in [2.24, 2.45) is 0 Å². The molecule has 0 aliphatic carbocycles. The average Bonchev–Trinajstić information content (AvgIpc) is 3.37. The number of hydrogen-bond acceptors (Lipinski definition) is 6. The molecule has 182 valence electrons. The maximum Gasteiger partial charge on any atom is 0.315 e. The van der Waals surface area contributed by atoms with Crippen molar-refractivity contribution in [3.8, 4) is 0 Å². The second-order valence-electron chi connectivity index (χ2n) is 8.74. The highest BCUT2D eigenvalue weighted by molar-refractivity contribution is 8.00. The van der Waals surface area contributed by atoms with Crippen LogP contribution in [0.15, 0.2) is 30.6 Å². The van der Waals surface area contributed by atoms with E-state index in [1.807, 2.05) is 49.9 Å². The number of anilines is 2. The topological polar surface area (TPSA) is 108 Å². The van der Waals surface area contributed by atoms with Gasteiger partial charge in [-0.2, -0.15) is 11.8 Å². The van der Waals surface area contributed by atoms with Crippen molar-refractivity contribution in [3.05, 3.63) is 46.9 Å². The van der Waals surface area contributed by atoms with E-state index in [9.17, 15) is 9.59 Å². The van der Waals surface area contributed by atoms with Gasteiger partial charge in [0, 0.05) is 29.2 Å². The minimum Gasteiger partial charge on any atom is -0.362 e. The third-order valence-corrected chi connectivity index (χ3v) is 8.23. The van der Waals surface area contributed by atoms with Crippen molar-refractivity contribution in [1.82, 2.24) is 20.6 Å². The molecule has 4 rings (SSSR count). The molecule has 2 aliphatic rings. The van der Waals surface area contributed by atoms with E-state index >= 15 is 0 Å². The quantitative estimate of drug-likeness (QED) is 0.281. The Labute approximate surface area is 209 Å². The number of nitrogens with one attached hydrogen (secondary N) is 4. The Morgan fingerprint density at radius 3 is 2.79 bits per heavy atom. The first-order valence-electron chi connectivity index (χ1n) is 11.8. The zero-order valence-electron chi connectivity index (χ0n) is 19.4. The fourth-order valence-corrected chi connectivity index (χ4v) is 6.22. The molecule has 4 N–H and O–H groups in total. The first-order chi connectivity index (χ1) is 16.4. The maximum absolute atomic E-state index is 12.4. The molecular weight excluding hydrogens is 472 g/mol. The number of carbonyl (C=O) groups excluding carboxylic acids is 2. The minimum absolute atomic E-state index is 0.00485. The number of hydrogen-bond donors (Lipinski definition) is 4. The van der Waals surface area contributed by atoms with Crippen LogP contribution in [-0.4, -0.2) is 45.0 Å². The van der Waals surface area contributed by atoms with Crippen molar-refractivity contribution in [1.29, 1.82) is 0 Å². The van der Waals surface area contributed by atoms with Gasteiger partial charge in [0.05, 0.1) is 17.8 Å². The Morgan fingerprint density at radius 2 is 2.03 bits per heavy atom. The van der Waals surface area contributed by atoms with Crippen LogP contribution in [0.1, 0.15) is 56.8 Å². The lowest BCUT2D eigenvalue weighted by Crippen LogP contribution is -2.36. The van der Waals surface area contributed by atoms with E-state index in [4.69, 9.17) is 11.6 Å². The van der Waals surface area contributed by atoms with E-state index < -0.39 is 0 Å². The number of thioether (sulfide) groups is 1. The Bertz CT molecular complexity index is 1020. The standard InChI is InChI=1S/C24H31ClN6O2S/c1-3-17-21(25)23(27-13-26-17)28-14(2)15-8-10-16(11-9-15)29-20(32)7-5-4-6-19-22-18(12-34-19)30-24(33)31-22/h8-11,13-14,18-19,22H,3-7,12H2,1-2H3,(H,29,32)(H,26,27,28)(H2,30,31,33)/t14?,18-,19?,22-/m0/s1. The molecule has 1 aromatic carbocycles. The van der Waals surface area contributed by atoms with Gasteiger partial charge in [0.25, 0.3) is 0 Å². The normalized spacial score (nSPS) is 22.0. The molecule has 2 aliphatic heterocycles. The number of carbonyl (C=O) groups is 2. The number of halogens is 1. The van der Waals surface area contributed by atoms with Crippen molar-refractivity contribution in [2.75, 3.05) is 16.4 Å². The van der Waals surface area contributed by atoms with Gasteiger partial charge >= 0.3 is 6.03 Å². The van der Waals surface area contributed by atoms with Gasteiger partial charge in [0.2, 0.25) is 5.91 Å². The van der Waals surface area contributed by atoms with Crippen LogP contribution in [0, 0.1) is 0 Å². The molecule has 3 amide bonds. The molecule has 0 bridgehead atoms. The number of unbranched alkanes of at least 4 members (excludes halogenated alkanes) is 1. The van der Waals surface area contributed by atoms with Gasteiger partial charge in [-0.25, -0.2) is 14.8 Å². The summed E-state index contributed by atoms with van der Waals surface area (Å²) in [5, 5.41) is 13.3. The van der Waals surface area contributed by atoms with Crippen LogP contribution < -0.4 is 21.3 Å². The summed E-state index contributed by atoms with van der Waals surface area (Å²) in [6.07, 6.45) is 5.57. The largest absolute Gasteiger partial charge is 0.362 e. The number of aryl methyl sites for hydroxylation is 1. The SMILES string of the molecule is CCc1ncnc(NC(C)c2ccc(NC(=O)CCCCC3SC[C@@H]4NC(=O)N[C@H]34)cc2)c1Cl. The second-order valence-corrected chi connectivity index (χ2v) is 10.4. The van der Waals surface area contributed by atoms with Gasteiger partial charge in [-0.1, -0.05) is 37.1 Å². The number of benzene rings is 1. The van der Waals surface area contributed by atoms with Crippen molar-refractivity contribution < 1.29 is 9.59 Å². The highest BCUT2D eigenvalue weighted by Gasteiger charge is 2.42. The molecule has 10 heteroatoms. The number of aromatic nitrogens is 2. The molecule has 0 saturated carbocycles. The predicted octanol–water partition coefficient (Wildman–Crippen LogP) is 4.53. The lowest BCUT2D eigenvalue weighted by atomic mass is 10.0. The minimum atomic E-state index is -0.0562. The summed E-state index contributed by atoms with van der Waals surface area (Å²) in [6.45, 7) is 4.04. The lowest BCUT2D eigenvalue weighted by Gasteiger charge is -2.17. The molecule has 0 spiro atoms. The smallest absolute Gasteiger partial charge is 0.315 e. The van der Waals surface area contributed by atoms with Gasteiger partial charge in [-0.15, -0.1) is 0 Å². The first kappa shape index (κ1) is 24.6. The summed E-state index contributed by atoms with van der Waals surface area (Å²) in [5.41, 5.74) is 2.66. The summed E-state index contributed by atoms with van der Waals surface area (Å²) in [5.74, 6) is 1.60. The summed E-state index contributed by atoms with van der Waals surface area (Å²) in [4.78, 5) is 32.3. The monoisotopic (exact) mass is 502 g/mol. The van der Waals surface area contributed by atoms with E-state index in [0.29, 0.717) is 22.5 Å². The van der Waals surface area contributed by atoms with Gasteiger partial charge in [-0.3, -0.25) is 4.79 Å². The highest BCUT2D eigenvalue weighted by Crippen LogP contribution is 2.33. The van der Waals surface area contributed by atoms with Gasteiger partial charge in [0.15, 0.2) is 0 Å². The summed E-state index contributed by atoms with van der Waals surface area (Å²) >= 11 is 8.29. The lowest BCUT2D eigenvalue weighted by molar-refractivity contribution is -0.116. The van der Waals surface area contributed by atoms with Crippen molar-refractivity contribution in [2.45, 2.75) is 69.3 Å². The number of urea groups is 1. The van der Waals surface area contributed by atoms with Crippen LogP contribution in [0.4, 0.5) is 16.3 Å². The van der Waals surface area contributed by atoms with E-state index in [0.717, 1.165) is 48.4 Å². The zero-order chi connectivity index (χ0) is 24.1. The molecule has 2 saturated heterocycles. The number of fused-ring (bicyclic) bond motifs is 1. The van der Waals surface area contributed by atoms with Gasteiger partial charge < -0.3 is 21.3 Å². The van der Waals surface area contributed by atoms with E-state index in [2.05, 4.69) is 31.2 Å². The fraction of sp³-hybridized carbons (Fsp3) is 0.500. The van der Waals surface area contributed by atoms with Crippen LogP contribution in [-0.2, 0) is 11.2 Å². The Hall–Kier alpha value is -2.52. The maximum atomic E-state index is 12.4. The Kier molecular flexibility index (Phi) is 8.15. The number of rotatable bonds is 10. The number of amides is 3. The Morgan fingerprint density at radius 1 is 1.24 bits per heavy atom. The Balaban J connectivity index is 1.19. The van der Waals surface area contributed by atoms with Crippen LogP contribution in [0.2, 0.25) is 5.02 Å². The molecule has 2 fully saturated rings. The molecule has 2 aromatic rings. The fourth-order valence-electron chi connectivity index (χ4n) is 4.39. The van der Waals surface area contributed by atoms with E-state index in [1.54, 1.807) is 0 Å². The van der Waals surface area contributed by atoms with Gasteiger partial charge in [0.1, 0.15) is 17.2 Å². The van der Waals surface area contributed by atoms with E-state index in [-0.39, 0.29) is 30.1 Å². The summed E-state index contributed by atoms with van der Waals surface area (Å²) in [6, 6.07) is 8.21. The van der Waals surface area contributed by atoms with E-state index in [1.165, 1.54) is 6.33 Å². The van der Waals surface area contributed by atoms with Gasteiger partial charge in [-0.05, 0) is 43.9 Å². The summed E-state index contributed by atoms with van der Waals surface area (Å²) < 4.78 is 0. The molecule has 34 heavy (non-hydrogen) atoms. The zero-order valence-corrected chi connectivity index (χ0v) is 21.0. The summed E-state index contributed by atoms with van der Waals surface area (Å²) in [7, 11) is 0. The van der Waals surface area contributed by atoms with Crippen LogP contribution >= 0.6 is 23.4 Å². The first-order valence-corrected chi connectivity index (χ1v) is 13.2. The highest BCUT2D eigenvalue weighted by atomic mass is 35.5. The molecule has 8 nitrogen and oxygen atoms in total. The average molecular weight is 503 g/mol. The molecule has 3 heterocycles. The predicted molar refractivity (Wildman–Crippen MR) is 137 cm³/mol. The molecule has 0 radical (unpaired) electrons. The number of nitrogens with zero attached hydrogens (tertiary/aromatic N) is 2. The van der Waals surface area contributed by atoms with Crippen molar-refractivity contribution >= 4 is 46.8 Å². The van der Waals surface area contributed by atoms with Crippen molar-refractivity contribution in [3.63, 3.8) is 0 Å². The third-order valence-electron chi connectivity index (χ3n) is 6.32. The van der Waals surface area contributed by atoms with Crippen LogP contribution in [0.25, 0.3) is 0 Å². The van der Waals surface area contributed by atoms with Crippen LogP contribution in [0.5, 0.6) is 0 Å². The second kappa shape index (κ2) is 11.3. The molecule has 2 unspecified atom stereocenters. The van der Waals surface area contributed by atoms with Crippen LogP contribution in [0.3, 0.4) is 0 Å². The third kappa shape index (κ3) is 5.93. The molecular formula is C24H31ClN6O2S. The molecule has 1 aromatic heterocycles. The molecule has 4 atom stereocenters.